The van der Waals surface area contributed by atoms with Gasteiger partial charge in [0.05, 0.1) is 23.7 Å². The molecule has 3 aromatic rings. The third kappa shape index (κ3) is 10.1. The van der Waals surface area contributed by atoms with E-state index in [9.17, 15) is 29.1 Å². The predicted molar refractivity (Wildman–Crippen MR) is 206 cm³/mol. The number of nitrogens with one attached hydrogen (secondary N) is 2. The second-order valence-corrected chi connectivity index (χ2v) is 15.6. The van der Waals surface area contributed by atoms with Gasteiger partial charge in [-0.1, -0.05) is 43.3 Å². The van der Waals surface area contributed by atoms with Crippen LogP contribution in [0.5, 0.6) is 0 Å². The Morgan fingerprint density at radius 2 is 1.72 bits per heavy atom. The van der Waals surface area contributed by atoms with Gasteiger partial charge in [-0.3, -0.25) is 19.2 Å². The molecule has 3 N–H and O–H groups in total. The van der Waals surface area contributed by atoms with Crippen molar-refractivity contribution in [3.05, 3.63) is 111 Å². The molecule has 0 saturated carbocycles. The number of carbonyl (C=O) groups excluding carboxylic acids is 4. The summed E-state index contributed by atoms with van der Waals surface area (Å²) in [6.45, 7) is 5.75. The number of ether oxygens (including phenoxy) is 1. The van der Waals surface area contributed by atoms with Crippen molar-refractivity contribution in [2.75, 3.05) is 19.0 Å². The van der Waals surface area contributed by atoms with E-state index in [-0.39, 0.29) is 36.7 Å². The number of hydrogen-bond acceptors (Lipinski definition) is 7. The normalized spacial score (nSPS) is 15.2. The number of aliphatic carboxylic acids is 1. The molecule has 0 bridgehead atoms. The fourth-order valence-electron chi connectivity index (χ4n) is 6.67. The summed E-state index contributed by atoms with van der Waals surface area (Å²) >= 11 is 1.46. The molecule has 1 unspecified atom stereocenters. The van der Waals surface area contributed by atoms with Gasteiger partial charge in [0.2, 0.25) is 5.91 Å². The van der Waals surface area contributed by atoms with Crippen LogP contribution in [-0.4, -0.2) is 53.3 Å². The minimum absolute atomic E-state index is 0.126. The maximum atomic E-state index is 13.9. The number of nitrogens with zero attached hydrogens (tertiary/aromatic N) is 1. The van der Waals surface area contributed by atoms with E-state index in [2.05, 4.69) is 16.7 Å². The molecule has 53 heavy (non-hydrogen) atoms. The van der Waals surface area contributed by atoms with Crippen LogP contribution in [-0.2, 0) is 40.1 Å². The number of methoxy groups -OCH3 is 1. The van der Waals surface area contributed by atoms with Crippen LogP contribution in [0.15, 0.2) is 72.5 Å². The average Bonchev–Trinajstić information content (AvgIpc) is 3.52. The summed E-state index contributed by atoms with van der Waals surface area (Å²) in [5.41, 5.74) is 3.88. The number of amides is 3. The van der Waals surface area contributed by atoms with Crippen molar-refractivity contribution >= 4 is 46.0 Å². The van der Waals surface area contributed by atoms with Crippen LogP contribution in [0.3, 0.4) is 0 Å². The third-order valence-corrected chi connectivity index (χ3v) is 11.0. The quantitative estimate of drug-likeness (QED) is 0.136. The molecule has 0 radical (unpaired) electrons. The van der Waals surface area contributed by atoms with Gasteiger partial charge in [-0.15, -0.1) is 11.3 Å². The second-order valence-electron chi connectivity index (χ2n) is 14.4. The zero-order chi connectivity index (χ0) is 38.1. The Bertz CT molecular complexity index is 1910. The average molecular weight is 740 g/mol. The van der Waals surface area contributed by atoms with Crippen molar-refractivity contribution in [2.45, 2.75) is 85.1 Å². The summed E-state index contributed by atoms with van der Waals surface area (Å²) in [4.78, 5) is 66.8. The van der Waals surface area contributed by atoms with Crippen LogP contribution < -0.4 is 10.6 Å². The number of rotatable bonds is 15. The molecule has 280 valence electrons. The molecule has 1 atom stereocenters. The molecule has 0 aliphatic heterocycles. The van der Waals surface area contributed by atoms with Gasteiger partial charge in [0, 0.05) is 35.6 Å². The maximum absolute atomic E-state index is 13.9. The Morgan fingerprint density at radius 3 is 2.40 bits per heavy atom. The van der Waals surface area contributed by atoms with Crippen molar-refractivity contribution in [2.24, 2.45) is 11.3 Å². The van der Waals surface area contributed by atoms with Gasteiger partial charge in [0.25, 0.3) is 11.8 Å². The molecule has 0 spiro atoms. The molecule has 2 aliphatic rings. The van der Waals surface area contributed by atoms with Crippen molar-refractivity contribution < 1.29 is 33.8 Å². The van der Waals surface area contributed by atoms with E-state index >= 15 is 0 Å². The van der Waals surface area contributed by atoms with Gasteiger partial charge in [-0.05, 0) is 118 Å². The summed E-state index contributed by atoms with van der Waals surface area (Å²) in [7, 11) is 1.37. The number of carboxylic acids is 1. The van der Waals surface area contributed by atoms with E-state index in [1.54, 1.807) is 35.2 Å². The highest BCUT2D eigenvalue weighted by molar-refractivity contribution is 7.17. The number of allylic oxidation sites excluding steroid dienone is 3. The van der Waals surface area contributed by atoms with E-state index in [0.717, 1.165) is 72.2 Å². The highest BCUT2D eigenvalue weighted by Gasteiger charge is 2.32. The monoisotopic (exact) mass is 739 g/mol. The number of anilines is 1. The Balaban J connectivity index is 1.23. The molecule has 5 rings (SSSR count). The van der Waals surface area contributed by atoms with E-state index in [1.807, 2.05) is 37.3 Å². The van der Waals surface area contributed by atoms with Gasteiger partial charge in [0.1, 0.15) is 5.00 Å². The molecular formula is C42H49N3O7S. The molecule has 0 saturated heterocycles. The number of hydrogen-bond donors (Lipinski definition) is 3. The fraction of sp³-hybridized carbons (Fsp3) is 0.405. The predicted octanol–water partition coefficient (Wildman–Crippen LogP) is 7.73. The van der Waals surface area contributed by atoms with E-state index in [1.165, 1.54) is 32.3 Å². The lowest BCUT2D eigenvalue weighted by molar-refractivity contribution is -0.151. The molecular weight excluding hydrogens is 691 g/mol. The number of benzene rings is 2. The first-order valence-electron chi connectivity index (χ1n) is 18.3. The number of aryl methyl sites for hydroxylation is 2. The molecule has 11 heteroatoms. The first-order valence-corrected chi connectivity index (χ1v) is 19.1. The first kappa shape index (κ1) is 39.2. The number of fused-ring (bicyclic) bond motifs is 1. The highest BCUT2D eigenvalue weighted by Crippen LogP contribution is 2.39. The maximum Gasteiger partial charge on any atom is 0.337 e. The Labute approximate surface area is 315 Å². The minimum Gasteiger partial charge on any atom is -0.481 e. The standard InChI is InChI=1S/C42H49N3O7S/c1-5-23-45(35(46)25-42(2,3)41(50)51)26-29-9-8-10-31(24-29)37(47)44-39-36(33-11-6-7-12-34(33)53-39)38(48)43-32-21-17-28(18-22-32)14-13-27-15-19-30(20-16-27)40(49)52-4/h8-10,15-17,19-22,24,28H,5-7,11-14,18,23,25-26H2,1-4H3,(H,43,48)(H,44,47)(H,50,51). The fourth-order valence-corrected chi connectivity index (χ4v) is 7.95. The molecule has 10 nitrogen and oxygen atoms in total. The zero-order valence-electron chi connectivity index (χ0n) is 31.0. The van der Waals surface area contributed by atoms with Crippen molar-refractivity contribution in [1.29, 1.82) is 0 Å². The molecule has 2 aromatic carbocycles. The molecule has 1 aromatic heterocycles. The molecule has 0 fully saturated rings. The highest BCUT2D eigenvalue weighted by atomic mass is 32.1. The zero-order valence-corrected chi connectivity index (χ0v) is 31.8. The van der Waals surface area contributed by atoms with Crippen LogP contribution in [0.25, 0.3) is 0 Å². The van der Waals surface area contributed by atoms with Crippen LogP contribution in [0.2, 0.25) is 0 Å². The van der Waals surface area contributed by atoms with Crippen LogP contribution >= 0.6 is 11.3 Å². The summed E-state index contributed by atoms with van der Waals surface area (Å²) in [6.07, 6.45) is 12.9. The molecule has 1 heterocycles. The topological polar surface area (TPSA) is 142 Å². The second kappa shape index (κ2) is 17.7. The number of carbonyl (C=O) groups is 5. The van der Waals surface area contributed by atoms with Crippen LogP contribution in [0.1, 0.15) is 112 Å². The number of carboxylic acid groups (broad SMARTS) is 1. The SMILES string of the molecule is CCCN(Cc1cccc(C(=O)Nc2sc3c(c2C(=O)NC2=CCC(CCc4ccc(C(=O)OC)cc4)C=C2)CCCC3)c1)C(=O)CC(C)(C)C(=O)O. The molecule has 3 amide bonds. The van der Waals surface area contributed by atoms with E-state index < -0.39 is 11.4 Å². The van der Waals surface area contributed by atoms with Crippen molar-refractivity contribution in [3.8, 4) is 0 Å². The van der Waals surface area contributed by atoms with Crippen LogP contribution in [0, 0.1) is 11.3 Å². The van der Waals surface area contributed by atoms with Crippen molar-refractivity contribution in [3.63, 3.8) is 0 Å². The number of thiophene rings is 1. The van der Waals surface area contributed by atoms with E-state index in [4.69, 9.17) is 4.74 Å². The van der Waals surface area contributed by atoms with Crippen molar-refractivity contribution in [1.82, 2.24) is 10.2 Å². The Hall–Kier alpha value is -5.03. The van der Waals surface area contributed by atoms with Gasteiger partial charge in [-0.2, -0.15) is 0 Å². The number of esters is 1. The lowest BCUT2D eigenvalue weighted by atomic mass is 9.89. The largest absolute Gasteiger partial charge is 0.481 e. The smallest absolute Gasteiger partial charge is 0.337 e. The lowest BCUT2D eigenvalue weighted by Crippen LogP contribution is -2.37. The van der Waals surface area contributed by atoms with Gasteiger partial charge in [-0.25, -0.2) is 4.79 Å². The van der Waals surface area contributed by atoms with Crippen LogP contribution in [0.4, 0.5) is 5.00 Å². The summed E-state index contributed by atoms with van der Waals surface area (Å²) < 4.78 is 4.78. The van der Waals surface area contributed by atoms with Gasteiger partial charge in [0.15, 0.2) is 0 Å². The summed E-state index contributed by atoms with van der Waals surface area (Å²) in [6, 6.07) is 14.5. The molecule has 2 aliphatic carbocycles. The summed E-state index contributed by atoms with van der Waals surface area (Å²) in [5, 5.41) is 16.2. The first-order chi connectivity index (χ1) is 25.4. The van der Waals surface area contributed by atoms with E-state index in [0.29, 0.717) is 40.6 Å². The minimum atomic E-state index is -1.19. The Kier molecular flexibility index (Phi) is 13.1. The summed E-state index contributed by atoms with van der Waals surface area (Å²) in [5.74, 6) is -1.91. The van der Waals surface area contributed by atoms with Gasteiger partial charge >= 0.3 is 11.9 Å². The Morgan fingerprint density at radius 1 is 0.962 bits per heavy atom. The lowest BCUT2D eigenvalue weighted by Gasteiger charge is -2.26. The van der Waals surface area contributed by atoms with Gasteiger partial charge < -0.3 is 25.4 Å². The third-order valence-electron chi connectivity index (χ3n) is 9.83.